The van der Waals surface area contributed by atoms with Gasteiger partial charge in [0.1, 0.15) is 0 Å². The van der Waals surface area contributed by atoms with Crippen molar-refractivity contribution in [2.24, 2.45) is 5.41 Å². The lowest BCUT2D eigenvalue weighted by Gasteiger charge is -2.24. The van der Waals surface area contributed by atoms with Crippen molar-refractivity contribution in [2.45, 2.75) is 59.4 Å². The zero-order valence-electron chi connectivity index (χ0n) is 9.77. The Balaban J connectivity index is 2.12. The second kappa shape index (κ2) is 4.45. The lowest BCUT2D eigenvalue weighted by molar-refractivity contribution is 0.243. The Labute approximate surface area is 83.5 Å². The van der Waals surface area contributed by atoms with E-state index in [1.807, 2.05) is 0 Å². The molecule has 0 N–H and O–H groups in total. The summed E-state index contributed by atoms with van der Waals surface area (Å²) >= 11 is 0. The standard InChI is InChI=1S/C12H25N/c1-11-7-5-9-13(11)10-6-8-12(2,3)4/h11H,5-10H2,1-4H3. The fourth-order valence-electron chi connectivity index (χ4n) is 2.14. The molecular weight excluding hydrogens is 158 g/mol. The van der Waals surface area contributed by atoms with Crippen LogP contribution in [0.3, 0.4) is 0 Å². The second-order valence-electron chi connectivity index (χ2n) is 5.69. The van der Waals surface area contributed by atoms with E-state index in [4.69, 9.17) is 0 Å². The smallest absolute Gasteiger partial charge is 0.00674 e. The van der Waals surface area contributed by atoms with Gasteiger partial charge in [0.05, 0.1) is 0 Å². The van der Waals surface area contributed by atoms with Crippen molar-refractivity contribution in [3.05, 3.63) is 0 Å². The van der Waals surface area contributed by atoms with Crippen molar-refractivity contribution >= 4 is 0 Å². The quantitative estimate of drug-likeness (QED) is 0.649. The Morgan fingerprint density at radius 1 is 1.31 bits per heavy atom. The molecule has 78 valence electrons. The topological polar surface area (TPSA) is 3.24 Å². The monoisotopic (exact) mass is 183 g/mol. The summed E-state index contributed by atoms with van der Waals surface area (Å²) in [5.41, 5.74) is 0.517. The van der Waals surface area contributed by atoms with Crippen LogP contribution in [0.15, 0.2) is 0 Å². The van der Waals surface area contributed by atoms with E-state index >= 15 is 0 Å². The first-order valence-corrected chi connectivity index (χ1v) is 5.73. The first kappa shape index (κ1) is 11.0. The zero-order valence-corrected chi connectivity index (χ0v) is 9.77. The van der Waals surface area contributed by atoms with Gasteiger partial charge in [-0.25, -0.2) is 0 Å². The molecule has 0 aromatic rings. The summed E-state index contributed by atoms with van der Waals surface area (Å²) in [5, 5.41) is 0. The molecule has 1 atom stereocenters. The molecule has 0 spiro atoms. The predicted octanol–water partition coefficient (Wildman–Crippen LogP) is 3.30. The minimum atomic E-state index is 0.517. The Kier molecular flexibility index (Phi) is 3.78. The van der Waals surface area contributed by atoms with Crippen LogP contribution in [0.5, 0.6) is 0 Å². The second-order valence-corrected chi connectivity index (χ2v) is 5.69. The van der Waals surface area contributed by atoms with E-state index in [9.17, 15) is 0 Å². The van der Waals surface area contributed by atoms with Crippen LogP contribution < -0.4 is 0 Å². The summed E-state index contributed by atoms with van der Waals surface area (Å²) < 4.78 is 0. The van der Waals surface area contributed by atoms with Crippen LogP contribution in [0.1, 0.15) is 53.4 Å². The van der Waals surface area contributed by atoms with Gasteiger partial charge in [-0.05, 0) is 51.1 Å². The highest BCUT2D eigenvalue weighted by molar-refractivity contribution is 4.75. The summed E-state index contributed by atoms with van der Waals surface area (Å²) in [6.45, 7) is 12.0. The van der Waals surface area contributed by atoms with E-state index in [0.29, 0.717) is 5.41 Å². The Morgan fingerprint density at radius 2 is 2.00 bits per heavy atom. The van der Waals surface area contributed by atoms with Crippen molar-refractivity contribution < 1.29 is 0 Å². The zero-order chi connectivity index (χ0) is 9.90. The van der Waals surface area contributed by atoms with Crippen molar-refractivity contribution in [1.82, 2.24) is 4.90 Å². The number of nitrogens with zero attached hydrogens (tertiary/aromatic N) is 1. The van der Waals surface area contributed by atoms with Gasteiger partial charge in [0, 0.05) is 6.04 Å². The average molecular weight is 183 g/mol. The van der Waals surface area contributed by atoms with Gasteiger partial charge >= 0.3 is 0 Å². The molecule has 1 heteroatoms. The molecule has 1 aliphatic heterocycles. The third-order valence-corrected chi connectivity index (χ3v) is 3.06. The molecule has 1 nitrogen and oxygen atoms in total. The number of hydrogen-bond acceptors (Lipinski definition) is 1. The van der Waals surface area contributed by atoms with Crippen molar-refractivity contribution in [1.29, 1.82) is 0 Å². The highest BCUT2D eigenvalue weighted by Crippen LogP contribution is 2.22. The average Bonchev–Trinajstić information content (AvgIpc) is 2.34. The molecule has 0 bridgehead atoms. The number of hydrogen-bond donors (Lipinski definition) is 0. The molecule has 1 saturated heterocycles. The lowest BCUT2D eigenvalue weighted by atomic mass is 9.90. The molecular formula is C12H25N. The van der Waals surface area contributed by atoms with E-state index in [-0.39, 0.29) is 0 Å². The molecule has 1 rings (SSSR count). The molecule has 0 radical (unpaired) electrons. The van der Waals surface area contributed by atoms with E-state index in [1.165, 1.54) is 38.8 Å². The Morgan fingerprint density at radius 3 is 2.46 bits per heavy atom. The maximum Gasteiger partial charge on any atom is 0.00674 e. The fourth-order valence-corrected chi connectivity index (χ4v) is 2.14. The van der Waals surface area contributed by atoms with Gasteiger partial charge in [-0.1, -0.05) is 20.8 Å². The molecule has 1 heterocycles. The van der Waals surface area contributed by atoms with Crippen molar-refractivity contribution in [3.8, 4) is 0 Å². The molecule has 0 aromatic carbocycles. The maximum atomic E-state index is 2.64. The van der Waals surface area contributed by atoms with Crippen LogP contribution in [0.2, 0.25) is 0 Å². The maximum absolute atomic E-state index is 2.64. The molecule has 0 aromatic heterocycles. The third kappa shape index (κ3) is 4.12. The molecule has 13 heavy (non-hydrogen) atoms. The van der Waals surface area contributed by atoms with E-state index in [1.54, 1.807) is 0 Å². The predicted molar refractivity (Wildman–Crippen MR) is 59.0 cm³/mol. The summed E-state index contributed by atoms with van der Waals surface area (Å²) in [6, 6.07) is 0.847. The van der Waals surface area contributed by atoms with Crippen LogP contribution in [0.25, 0.3) is 0 Å². The van der Waals surface area contributed by atoms with Gasteiger partial charge in [-0.15, -0.1) is 0 Å². The third-order valence-electron chi connectivity index (χ3n) is 3.06. The normalized spacial score (nSPS) is 25.4. The van der Waals surface area contributed by atoms with E-state index < -0.39 is 0 Å². The van der Waals surface area contributed by atoms with Gasteiger partial charge in [0.25, 0.3) is 0 Å². The van der Waals surface area contributed by atoms with Gasteiger partial charge < -0.3 is 4.90 Å². The summed E-state index contributed by atoms with van der Waals surface area (Å²) in [7, 11) is 0. The molecule has 0 aliphatic carbocycles. The fraction of sp³-hybridized carbons (Fsp3) is 1.00. The molecule has 1 unspecified atom stereocenters. The lowest BCUT2D eigenvalue weighted by Crippen LogP contribution is -2.28. The van der Waals surface area contributed by atoms with Crippen LogP contribution in [-0.2, 0) is 0 Å². The highest BCUT2D eigenvalue weighted by Gasteiger charge is 2.20. The highest BCUT2D eigenvalue weighted by atomic mass is 15.2. The van der Waals surface area contributed by atoms with Crippen molar-refractivity contribution in [2.75, 3.05) is 13.1 Å². The molecule has 1 fully saturated rings. The molecule has 0 amide bonds. The minimum absolute atomic E-state index is 0.517. The van der Waals surface area contributed by atoms with E-state index in [2.05, 4.69) is 32.6 Å². The Bertz CT molecular complexity index is 146. The first-order valence-electron chi connectivity index (χ1n) is 5.73. The van der Waals surface area contributed by atoms with Crippen molar-refractivity contribution in [3.63, 3.8) is 0 Å². The molecule has 0 saturated carbocycles. The number of likely N-dealkylation sites (tertiary alicyclic amines) is 1. The van der Waals surface area contributed by atoms with Crippen LogP contribution >= 0.6 is 0 Å². The summed E-state index contributed by atoms with van der Waals surface area (Å²) in [4.78, 5) is 2.64. The van der Waals surface area contributed by atoms with Gasteiger partial charge in [-0.3, -0.25) is 0 Å². The largest absolute Gasteiger partial charge is 0.301 e. The van der Waals surface area contributed by atoms with Crippen LogP contribution in [-0.4, -0.2) is 24.0 Å². The minimum Gasteiger partial charge on any atom is -0.301 e. The molecule has 1 aliphatic rings. The van der Waals surface area contributed by atoms with Crippen LogP contribution in [0.4, 0.5) is 0 Å². The number of rotatable bonds is 3. The van der Waals surface area contributed by atoms with Gasteiger partial charge in [-0.2, -0.15) is 0 Å². The first-order chi connectivity index (χ1) is 5.99. The van der Waals surface area contributed by atoms with Gasteiger partial charge in [0.2, 0.25) is 0 Å². The summed E-state index contributed by atoms with van der Waals surface area (Å²) in [5.74, 6) is 0. The SMILES string of the molecule is CC1CCCN1CCCC(C)(C)C. The van der Waals surface area contributed by atoms with Gasteiger partial charge in [0.15, 0.2) is 0 Å². The van der Waals surface area contributed by atoms with E-state index in [0.717, 1.165) is 6.04 Å². The summed E-state index contributed by atoms with van der Waals surface area (Å²) in [6.07, 6.45) is 5.55. The van der Waals surface area contributed by atoms with Crippen LogP contribution in [0, 0.1) is 5.41 Å². The Hall–Kier alpha value is -0.0400.